The molecular weight excluding hydrogens is 326 g/mol. The Labute approximate surface area is 143 Å². The van der Waals surface area contributed by atoms with Gasteiger partial charge in [0.1, 0.15) is 6.04 Å². The average molecular weight is 345 g/mol. The van der Waals surface area contributed by atoms with Crippen LogP contribution in [0.3, 0.4) is 0 Å². The van der Waals surface area contributed by atoms with Crippen molar-refractivity contribution in [2.45, 2.75) is 31.2 Å². The predicted molar refractivity (Wildman–Crippen MR) is 89.5 cm³/mol. The number of hydrogen-bond donors (Lipinski definition) is 1. The summed E-state index contributed by atoms with van der Waals surface area (Å²) in [4.78, 5) is 35.3. The molecule has 1 aliphatic carbocycles. The summed E-state index contributed by atoms with van der Waals surface area (Å²) >= 11 is 1.38. The summed E-state index contributed by atoms with van der Waals surface area (Å²) in [6.45, 7) is 0.656. The van der Waals surface area contributed by atoms with Crippen LogP contribution in [0.1, 0.15) is 30.9 Å². The van der Waals surface area contributed by atoms with Crippen molar-refractivity contribution in [1.82, 2.24) is 19.4 Å². The van der Waals surface area contributed by atoms with E-state index in [9.17, 15) is 9.59 Å². The molecule has 2 fully saturated rings. The fraction of sp³-hybridized carbons (Fsp3) is 0.500. The van der Waals surface area contributed by atoms with E-state index in [1.165, 1.54) is 11.3 Å². The number of anilines is 1. The van der Waals surface area contributed by atoms with Gasteiger partial charge in [-0.15, -0.1) is 11.3 Å². The maximum atomic E-state index is 12.8. The standard InChI is InChI=1S/C16H19N5O2S/c1-20-9-17-8-13(20)10-7-11(10)15(23)21-5-2-3-12(21)14(22)19-16-18-4-6-24-16/h4,6,8-12H,2-3,5,7H2,1H3,(H,18,19,22)/t10-,11-,12?/m1/s1. The third kappa shape index (κ3) is 2.71. The molecule has 1 saturated carbocycles. The minimum absolute atomic E-state index is 0.0198. The number of aromatic nitrogens is 3. The Morgan fingerprint density at radius 2 is 2.29 bits per heavy atom. The lowest BCUT2D eigenvalue weighted by Gasteiger charge is -2.23. The Kier molecular flexibility index (Phi) is 3.84. The fourth-order valence-corrected chi connectivity index (χ4v) is 4.04. The van der Waals surface area contributed by atoms with Crippen molar-refractivity contribution in [2.75, 3.05) is 11.9 Å². The Morgan fingerprint density at radius 1 is 1.42 bits per heavy atom. The molecule has 0 bridgehead atoms. The number of hydrogen-bond acceptors (Lipinski definition) is 5. The lowest BCUT2D eigenvalue weighted by atomic mass is 10.2. The number of nitrogens with one attached hydrogen (secondary N) is 1. The molecule has 1 saturated heterocycles. The van der Waals surface area contributed by atoms with Gasteiger partial charge in [0.05, 0.1) is 6.33 Å². The zero-order valence-electron chi connectivity index (χ0n) is 13.4. The molecule has 1 unspecified atom stereocenters. The summed E-state index contributed by atoms with van der Waals surface area (Å²) in [5.41, 5.74) is 1.09. The van der Waals surface area contributed by atoms with Crippen LogP contribution in [0.5, 0.6) is 0 Å². The highest BCUT2D eigenvalue weighted by Crippen LogP contribution is 2.48. The first-order valence-corrected chi connectivity index (χ1v) is 9.00. The third-order valence-corrected chi connectivity index (χ3v) is 5.53. The molecule has 7 nitrogen and oxygen atoms in total. The van der Waals surface area contributed by atoms with Gasteiger partial charge in [-0.2, -0.15) is 0 Å². The van der Waals surface area contributed by atoms with Crippen LogP contribution in [0.15, 0.2) is 24.1 Å². The van der Waals surface area contributed by atoms with Crippen molar-refractivity contribution in [2.24, 2.45) is 13.0 Å². The van der Waals surface area contributed by atoms with E-state index in [1.807, 2.05) is 23.2 Å². The van der Waals surface area contributed by atoms with E-state index in [2.05, 4.69) is 15.3 Å². The van der Waals surface area contributed by atoms with Crippen molar-refractivity contribution in [3.05, 3.63) is 29.8 Å². The van der Waals surface area contributed by atoms with Crippen LogP contribution in [-0.2, 0) is 16.6 Å². The minimum Gasteiger partial charge on any atom is -0.337 e. The number of carbonyl (C=O) groups is 2. The van der Waals surface area contributed by atoms with Crippen molar-refractivity contribution in [3.8, 4) is 0 Å². The summed E-state index contributed by atoms with van der Waals surface area (Å²) in [5, 5.41) is 5.21. The van der Waals surface area contributed by atoms with Crippen LogP contribution in [0.25, 0.3) is 0 Å². The van der Waals surface area contributed by atoms with Crippen molar-refractivity contribution < 1.29 is 9.59 Å². The van der Waals surface area contributed by atoms with E-state index in [0.29, 0.717) is 18.1 Å². The van der Waals surface area contributed by atoms with E-state index in [-0.39, 0.29) is 29.7 Å². The molecule has 8 heteroatoms. The summed E-state index contributed by atoms with van der Waals surface area (Å²) in [5.74, 6) is 0.174. The van der Waals surface area contributed by atoms with Crippen LogP contribution in [0.2, 0.25) is 0 Å². The van der Waals surface area contributed by atoms with E-state index in [0.717, 1.165) is 18.5 Å². The number of amides is 2. The number of thiazole rings is 1. The lowest BCUT2D eigenvalue weighted by Crippen LogP contribution is -2.44. The summed E-state index contributed by atoms with van der Waals surface area (Å²) < 4.78 is 1.97. The average Bonchev–Trinajstić information content (AvgIpc) is 2.99. The second-order valence-corrected chi connectivity index (χ2v) is 7.29. The molecule has 0 aromatic carbocycles. The molecule has 3 atom stereocenters. The Hall–Kier alpha value is -2.22. The van der Waals surface area contributed by atoms with Gasteiger partial charge in [-0.3, -0.25) is 9.59 Å². The second kappa shape index (κ2) is 6.01. The molecule has 0 spiro atoms. The summed E-state index contributed by atoms with van der Waals surface area (Å²) in [6, 6.07) is -0.380. The molecule has 4 rings (SSSR count). The maximum Gasteiger partial charge on any atom is 0.248 e. The highest BCUT2D eigenvalue weighted by molar-refractivity contribution is 7.13. The molecule has 24 heavy (non-hydrogen) atoms. The largest absolute Gasteiger partial charge is 0.337 e. The van der Waals surface area contributed by atoms with Crippen LogP contribution >= 0.6 is 11.3 Å². The lowest BCUT2D eigenvalue weighted by molar-refractivity contribution is -0.137. The predicted octanol–water partition coefficient (Wildman–Crippen LogP) is 1.61. The normalized spacial score (nSPS) is 25.7. The smallest absolute Gasteiger partial charge is 0.248 e. The van der Waals surface area contributed by atoms with E-state index < -0.39 is 0 Å². The van der Waals surface area contributed by atoms with Crippen LogP contribution in [0.4, 0.5) is 5.13 Å². The second-order valence-electron chi connectivity index (χ2n) is 6.39. The van der Waals surface area contributed by atoms with Gasteiger partial charge in [-0.1, -0.05) is 0 Å². The summed E-state index contributed by atoms with van der Waals surface area (Å²) in [7, 11) is 1.95. The van der Waals surface area contributed by atoms with Gasteiger partial charge in [0, 0.05) is 48.9 Å². The highest BCUT2D eigenvalue weighted by atomic mass is 32.1. The molecule has 3 heterocycles. The molecule has 2 aliphatic rings. The molecule has 126 valence electrons. The number of likely N-dealkylation sites (tertiary alicyclic amines) is 1. The fourth-order valence-electron chi connectivity index (χ4n) is 3.51. The summed E-state index contributed by atoms with van der Waals surface area (Å²) in [6.07, 6.45) is 7.66. The molecule has 1 N–H and O–H groups in total. The molecule has 2 amide bonds. The Bertz CT molecular complexity index is 756. The topological polar surface area (TPSA) is 80.1 Å². The van der Waals surface area contributed by atoms with E-state index in [1.54, 1.807) is 17.4 Å². The minimum atomic E-state index is -0.380. The molecule has 2 aromatic heterocycles. The van der Waals surface area contributed by atoms with Gasteiger partial charge in [0.15, 0.2) is 5.13 Å². The monoisotopic (exact) mass is 345 g/mol. The van der Waals surface area contributed by atoms with E-state index in [4.69, 9.17) is 0 Å². The highest BCUT2D eigenvalue weighted by Gasteiger charge is 2.49. The number of nitrogens with zero attached hydrogens (tertiary/aromatic N) is 4. The third-order valence-electron chi connectivity index (χ3n) is 4.84. The van der Waals surface area contributed by atoms with Gasteiger partial charge in [-0.05, 0) is 19.3 Å². The zero-order chi connectivity index (χ0) is 16.7. The molecular formula is C16H19N5O2S. The SMILES string of the molecule is Cn1cncc1[C@@H]1C[C@H]1C(=O)N1CCCC1C(=O)Nc1nccs1. The van der Waals surface area contributed by atoms with Gasteiger partial charge in [-0.25, -0.2) is 9.97 Å². The first kappa shape index (κ1) is 15.3. The molecule has 1 aliphatic heterocycles. The van der Waals surface area contributed by atoms with Crippen LogP contribution in [0, 0.1) is 5.92 Å². The first-order valence-electron chi connectivity index (χ1n) is 8.12. The van der Waals surface area contributed by atoms with Crippen LogP contribution in [-0.4, -0.2) is 43.8 Å². The van der Waals surface area contributed by atoms with Crippen molar-refractivity contribution in [1.29, 1.82) is 0 Å². The Morgan fingerprint density at radius 3 is 3.00 bits per heavy atom. The Balaban J connectivity index is 1.42. The van der Waals surface area contributed by atoms with Gasteiger partial charge >= 0.3 is 0 Å². The zero-order valence-corrected chi connectivity index (χ0v) is 14.2. The number of imidazole rings is 1. The number of carbonyl (C=O) groups excluding carboxylic acids is 2. The quantitative estimate of drug-likeness (QED) is 0.913. The first-order chi connectivity index (χ1) is 11.6. The molecule has 0 radical (unpaired) electrons. The van der Waals surface area contributed by atoms with Gasteiger partial charge in [0.2, 0.25) is 11.8 Å². The van der Waals surface area contributed by atoms with Crippen molar-refractivity contribution >= 4 is 28.3 Å². The van der Waals surface area contributed by atoms with Crippen molar-refractivity contribution in [3.63, 3.8) is 0 Å². The molecule has 2 aromatic rings. The van der Waals surface area contributed by atoms with Gasteiger partial charge in [0.25, 0.3) is 0 Å². The maximum absolute atomic E-state index is 12.8. The van der Waals surface area contributed by atoms with Gasteiger partial charge < -0.3 is 14.8 Å². The van der Waals surface area contributed by atoms with E-state index >= 15 is 0 Å². The number of aryl methyl sites for hydroxylation is 1. The number of rotatable bonds is 4. The van der Waals surface area contributed by atoms with Crippen LogP contribution < -0.4 is 5.32 Å².